The minimum Gasteiger partial charge on any atom is -0.368 e. The minimum atomic E-state index is -0.122. The van der Waals surface area contributed by atoms with Crippen LogP contribution in [-0.2, 0) is 9.53 Å². The fourth-order valence-corrected chi connectivity index (χ4v) is 2.21. The summed E-state index contributed by atoms with van der Waals surface area (Å²) >= 11 is 0. The van der Waals surface area contributed by atoms with Gasteiger partial charge in [0.15, 0.2) is 0 Å². The van der Waals surface area contributed by atoms with E-state index in [4.69, 9.17) is 4.74 Å². The quantitative estimate of drug-likeness (QED) is 0.636. The van der Waals surface area contributed by atoms with E-state index < -0.39 is 0 Å². The van der Waals surface area contributed by atoms with Gasteiger partial charge in [0.1, 0.15) is 6.10 Å². The molecule has 80 valence electrons. The highest BCUT2D eigenvalue weighted by atomic mass is 16.5. The summed E-state index contributed by atoms with van der Waals surface area (Å²) in [6.45, 7) is 4.88. The first-order valence-electron chi connectivity index (χ1n) is 5.68. The lowest BCUT2D eigenvalue weighted by Gasteiger charge is -2.31. The molecule has 0 aromatic rings. The number of piperidine rings is 1. The smallest absolute Gasteiger partial charge is 0.251 e. The number of ether oxygens (including phenoxy) is 1. The van der Waals surface area contributed by atoms with Crippen LogP contribution in [0.1, 0.15) is 32.6 Å². The minimum absolute atomic E-state index is 0.122. The standard InChI is InChI=1S/C11H19NO2/c1-9-4-6-12(7-5-9)11(13)10-3-2-8-14-10/h9-10H,2-8H2,1H3. The molecule has 1 atom stereocenters. The summed E-state index contributed by atoms with van der Waals surface area (Å²) in [5.41, 5.74) is 0. The highest BCUT2D eigenvalue weighted by Gasteiger charge is 2.29. The maximum absolute atomic E-state index is 11.9. The molecule has 2 heterocycles. The van der Waals surface area contributed by atoms with Crippen LogP contribution in [0.25, 0.3) is 0 Å². The molecule has 0 aromatic heterocycles. The lowest BCUT2D eigenvalue weighted by molar-refractivity contribution is -0.142. The van der Waals surface area contributed by atoms with Gasteiger partial charge in [0.25, 0.3) is 5.91 Å². The number of nitrogens with zero attached hydrogens (tertiary/aromatic N) is 1. The highest BCUT2D eigenvalue weighted by molar-refractivity contribution is 5.81. The van der Waals surface area contributed by atoms with Crippen molar-refractivity contribution in [2.24, 2.45) is 5.92 Å². The second-order valence-corrected chi connectivity index (χ2v) is 4.51. The van der Waals surface area contributed by atoms with Crippen molar-refractivity contribution < 1.29 is 9.53 Å². The van der Waals surface area contributed by atoms with E-state index in [9.17, 15) is 4.79 Å². The van der Waals surface area contributed by atoms with Gasteiger partial charge in [0.2, 0.25) is 0 Å². The van der Waals surface area contributed by atoms with Crippen LogP contribution in [-0.4, -0.2) is 36.6 Å². The summed E-state index contributed by atoms with van der Waals surface area (Å²) in [4.78, 5) is 13.9. The SMILES string of the molecule is CC1CCN(C(=O)C2CCCO2)CC1. The zero-order valence-electron chi connectivity index (χ0n) is 8.87. The Morgan fingerprint density at radius 1 is 1.29 bits per heavy atom. The summed E-state index contributed by atoms with van der Waals surface area (Å²) in [5, 5.41) is 0. The van der Waals surface area contributed by atoms with Crippen LogP contribution in [0.2, 0.25) is 0 Å². The lowest BCUT2D eigenvalue weighted by atomic mass is 9.99. The second kappa shape index (κ2) is 4.30. The molecule has 2 aliphatic rings. The number of carbonyl (C=O) groups is 1. The van der Waals surface area contributed by atoms with Crippen molar-refractivity contribution in [2.45, 2.75) is 38.7 Å². The van der Waals surface area contributed by atoms with E-state index in [1.807, 2.05) is 4.90 Å². The van der Waals surface area contributed by atoms with Crippen molar-refractivity contribution in [2.75, 3.05) is 19.7 Å². The predicted octanol–water partition coefficient (Wildman–Crippen LogP) is 1.42. The molecular weight excluding hydrogens is 178 g/mol. The first kappa shape index (κ1) is 9.97. The number of likely N-dealkylation sites (tertiary alicyclic amines) is 1. The van der Waals surface area contributed by atoms with Crippen molar-refractivity contribution in [3.63, 3.8) is 0 Å². The molecule has 2 saturated heterocycles. The summed E-state index contributed by atoms with van der Waals surface area (Å²) in [6, 6.07) is 0. The molecule has 0 saturated carbocycles. The van der Waals surface area contributed by atoms with Crippen molar-refractivity contribution in [1.29, 1.82) is 0 Å². The van der Waals surface area contributed by atoms with Crippen LogP contribution >= 0.6 is 0 Å². The van der Waals surface area contributed by atoms with Gasteiger partial charge in [-0.05, 0) is 31.6 Å². The monoisotopic (exact) mass is 197 g/mol. The summed E-state index contributed by atoms with van der Waals surface area (Å²) < 4.78 is 5.40. The molecule has 3 heteroatoms. The van der Waals surface area contributed by atoms with Crippen LogP contribution in [0.5, 0.6) is 0 Å². The molecule has 2 rings (SSSR count). The van der Waals surface area contributed by atoms with Gasteiger partial charge in [-0.15, -0.1) is 0 Å². The van der Waals surface area contributed by atoms with E-state index in [-0.39, 0.29) is 12.0 Å². The molecule has 0 aliphatic carbocycles. The highest BCUT2D eigenvalue weighted by Crippen LogP contribution is 2.20. The summed E-state index contributed by atoms with van der Waals surface area (Å²) in [6.07, 6.45) is 4.14. The molecule has 0 N–H and O–H groups in total. The Labute approximate surface area is 85.4 Å². The van der Waals surface area contributed by atoms with Gasteiger partial charge in [-0.3, -0.25) is 4.79 Å². The zero-order valence-corrected chi connectivity index (χ0v) is 8.87. The van der Waals surface area contributed by atoms with Crippen molar-refractivity contribution >= 4 is 5.91 Å². The second-order valence-electron chi connectivity index (χ2n) is 4.51. The molecule has 1 amide bonds. The Morgan fingerprint density at radius 3 is 2.57 bits per heavy atom. The third-order valence-electron chi connectivity index (χ3n) is 3.30. The molecule has 0 spiro atoms. The average Bonchev–Trinajstić information content (AvgIpc) is 2.71. The molecule has 0 bridgehead atoms. The molecule has 0 aromatic carbocycles. The van der Waals surface area contributed by atoms with Crippen LogP contribution < -0.4 is 0 Å². The Bertz CT molecular complexity index is 203. The molecule has 3 nitrogen and oxygen atoms in total. The zero-order chi connectivity index (χ0) is 9.97. The Hall–Kier alpha value is -0.570. The van der Waals surface area contributed by atoms with Crippen LogP contribution in [0.4, 0.5) is 0 Å². The topological polar surface area (TPSA) is 29.5 Å². The van der Waals surface area contributed by atoms with Crippen molar-refractivity contribution in [3.8, 4) is 0 Å². The first-order chi connectivity index (χ1) is 6.77. The molecule has 14 heavy (non-hydrogen) atoms. The number of amides is 1. The van der Waals surface area contributed by atoms with Crippen LogP contribution in [0, 0.1) is 5.92 Å². The maximum atomic E-state index is 11.9. The van der Waals surface area contributed by atoms with Gasteiger partial charge in [0.05, 0.1) is 0 Å². The first-order valence-corrected chi connectivity index (χ1v) is 5.68. The van der Waals surface area contributed by atoms with E-state index >= 15 is 0 Å². The number of hydrogen-bond acceptors (Lipinski definition) is 2. The van der Waals surface area contributed by atoms with E-state index in [0.29, 0.717) is 0 Å². The van der Waals surface area contributed by atoms with Crippen LogP contribution in [0.15, 0.2) is 0 Å². The van der Waals surface area contributed by atoms with E-state index in [1.54, 1.807) is 0 Å². The summed E-state index contributed by atoms with van der Waals surface area (Å²) in [7, 11) is 0. The summed E-state index contributed by atoms with van der Waals surface area (Å²) in [5.74, 6) is 1.01. The largest absolute Gasteiger partial charge is 0.368 e. The van der Waals surface area contributed by atoms with Gasteiger partial charge in [-0.1, -0.05) is 6.92 Å². The van der Waals surface area contributed by atoms with Gasteiger partial charge < -0.3 is 9.64 Å². The fourth-order valence-electron chi connectivity index (χ4n) is 2.21. The maximum Gasteiger partial charge on any atom is 0.251 e. The lowest BCUT2D eigenvalue weighted by Crippen LogP contribution is -2.43. The van der Waals surface area contributed by atoms with E-state index in [2.05, 4.69) is 6.92 Å². The van der Waals surface area contributed by atoms with Gasteiger partial charge >= 0.3 is 0 Å². The molecule has 1 unspecified atom stereocenters. The molecular formula is C11H19NO2. The van der Waals surface area contributed by atoms with Gasteiger partial charge in [-0.2, -0.15) is 0 Å². The van der Waals surface area contributed by atoms with Crippen molar-refractivity contribution in [1.82, 2.24) is 4.90 Å². The predicted molar refractivity (Wildman–Crippen MR) is 54.0 cm³/mol. The Balaban J connectivity index is 1.85. The normalized spacial score (nSPS) is 29.5. The van der Waals surface area contributed by atoms with Gasteiger partial charge in [0, 0.05) is 19.7 Å². The third-order valence-corrected chi connectivity index (χ3v) is 3.30. The van der Waals surface area contributed by atoms with E-state index in [0.717, 1.165) is 51.3 Å². The molecule has 0 radical (unpaired) electrons. The van der Waals surface area contributed by atoms with Crippen LogP contribution in [0.3, 0.4) is 0 Å². The third kappa shape index (κ3) is 2.08. The number of rotatable bonds is 1. The van der Waals surface area contributed by atoms with Crippen molar-refractivity contribution in [3.05, 3.63) is 0 Å². The fraction of sp³-hybridized carbons (Fsp3) is 0.909. The van der Waals surface area contributed by atoms with E-state index in [1.165, 1.54) is 0 Å². The molecule has 2 aliphatic heterocycles. The number of carbonyl (C=O) groups excluding carboxylic acids is 1. The Kier molecular flexibility index (Phi) is 3.06. The number of hydrogen-bond donors (Lipinski definition) is 0. The average molecular weight is 197 g/mol. The molecule has 2 fully saturated rings. The Morgan fingerprint density at radius 2 is 2.00 bits per heavy atom. The van der Waals surface area contributed by atoms with Gasteiger partial charge in [-0.25, -0.2) is 0 Å².